The third-order valence-corrected chi connectivity index (χ3v) is 4.93. The monoisotopic (exact) mass is 351 g/mol. The van der Waals surface area contributed by atoms with Crippen LogP contribution in [0.1, 0.15) is 25.0 Å². The third-order valence-electron chi connectivity index (χ3n) is 3.99. The molecule has 0 saturated carbocycles. The van der Waals surface area contributed by atoms with Gasteiger partial charge in [0.2, 0.25) is 16.0 Å². The molecule has 0 bridgehead atoms. The van der Waals surface area contributed by atoms with Gasteiger partial charge < -0.3 is 15.0 Å². The van der Waals surface area contributed by atoms with E-state index in [-0.39, 0.29) is 17.5 Å². The zero-order valence-electron chi connectivity index (χ0n) is 13.8. The number of nitrogens with one attached hydrogen (secondary N) is 1. The molecule has 1 atom stereocenters. The molecule has 24 heavy (non-hydrogen) atoms. The van der Waals surface area contributed by atoms with Crippen molar-refractivity contribution in [2.45, 2.75) is 32.2 Å². The number of carbonyl (C=O) groups excluding carboxylic acids is 1. The summed E-state index contributed by atoms with van der Waals surface area (Å²) in [6.45, 7) is 3.76. The minimum Gasteiger partial charge on any atom is -0.385 e. The lowest BCUT2D eigenvalue weighted by molar-refractivity contribution is -0.122. The number of amides is 1. The third kappa shape index (κ3) is 3.41. The van der Waals surface area contributed by atoms with E-state index in [1.165, 1.54) is 21.9 Å². The van der Waals surface area contributed by atoms with Gasteiger partial charge in [0, 0.05) is 38.6 Å². The number of aromatic nitrogens is 3. The molecule has 130 valence electrons. The van der Waals surface area contributed by atoms with E-state index >= 15 is 0 Å². The first-order chi connectivity index (χ1) is 11.6. The molecule has 0 spiro atoms. The molecule has 8 nitrogen and oxygen atoms in total. The van der Waals surface area contributed by atoms with Gasteiger partial charge >= 0.3 is 0 Å². The molecule has 1 amide bonds. The topological polar surface area (TPSA) is 88.8 Å². The Kier molecular flexibility index (Phi) is 5.10. The van der Waals surface area contributed by atoms with Crippen LogP contribution in [0.4, 0.5) is 5.13 Å². The molecule has 0 radical (unpaired) electrons. The number of hydrogen-bond donors (Lipinski definition) is 1. The lowest BCUT2D eigenvalue weighted by Crippen LogP contribution is -2.43. The van der Waals surface area contributed by atoms with Crippen LogP contribution in [0.25, 0.3) is 4.96 Å². The summed E-state index contributed by atoms with van der Waals surface area (Å²) in [6, 6.07) is 1.21. The van der Waals surface area contributed by atoms with E-state index in [4.69, 9.17) is 4.74 Å². The van der Waals surface area contributed by atoms with Crippen LogP contribution in [-0.2, 0) is 9.53 Å². The molecule has 2 aromatic heterocycles. The van der Waals surface area contributed by atoms with Crippen molar-refractivity contribution in [1.82, 2.24) is 19.9 Å². The molecule has 1 unspecified atom stereocenters. The van der Waals surface area contributed by atoms with Gasteiger partial charge in [-0.05, 0) is 26.2 Å². The number of nitrogens with zero attached hydrogens (tertiary/aromatic N) is 4. The van der Waals surface area contributed by atoms with Gasteiger partial charge in [0.1, 0.15) is 6.04 Å². The van der Waals surface area contributed by atoms with Crippen molar-refractivity contribution >= 4 is 27.3 Å². The zero-order chi connectivity index (χ0) is 17.1. The maximum atomic E-state index is 12.4. The van der Waals surface area contributed by atoms with Crippen molar-refractivity contribution in [3.8, 4) is 0 Å². The normalized spacial score (nSPS) is 17.6. The molecule has 9 heteroatoms. The Morgan fingerprint density at radius 2 is 2.38 bits per heavy atom. The summed E-state index contributed by atoms with van der Waals surface area (Å²) in [5.74, 6) is -0.000606. The van der Waals surface area contributed by atoms with Crippen molar-refractivity contribution in [3.63, 3.8) is 0 Å². The fraction of sp³-hybridized carbons (Fsp3) is 0.600. The molecule has 2 aromatic rings. The second kappa shape index (κ2) is 7.27. The highest BCUT2D eigenvalue weighted by atomic mass is 32.1. The molecule has 1 aliphatic heterocycles. The van der Waals surface area contributed by atoms with Crippen LogP contribution in [0.5, 0.6) is 0 Å². The highest BCUT2D eigenvalue weighted by molar-refractivity contribution is 7.20. The molecule has 1 N–H and O–H groups in total. The van der Waals surface area contributed by atoms with Gasteiger partial charge in [-0.15, -0.1) is 5.10 Å². The van der Waals surface area contributed by atoms with E-state index in [1.54, 1.807) is 14.0 Å². The standard InChI is InChI=1S/C15H21N5O3S/c1-10-9-12(21)20-14(17-10)24-15(18-20)19-7-3-5-11(19)13(22)16-6-4-8-23-2/h9,11H,3-8H2,1-2H3,(H,16,22). The van der Waals surface area contributed by atoms with Gasteiger partial charge in [-0.3, -0.25) is 9.59 Å². The summed E-state index contributed by atoms with van der Waals surface area (Å²) in [7, 11) is 1.64. The minimum absolute atomic E-state index is 0.000606. The number of anilines is 1. The van der Waals surface area contributed by atoms with Gasteiger partial charge in [0.25, 0.3) is 5.56 Å². The van der Waals surface area contributed by atoms with E-state index in [9.17, 15) is 9.59 Å². The van der Waals surface area contributed by atoms with Crippen molar-refractivity contribution in [3.05, 3.63) is 22.1 Å². The summed E-state index contributed by atoms with van der Waals surface area (Å²) in [6.07, 6.45) is 2.50. The lowest BCUT2D eigenvalue weighted by atomic mass is 10.2. The average molecular weight is 351 g/mol. The van der Waals surface area contributed by atoms with Crippen LogP contribution in [0.3, 0.4) is 0 Å². The smallest absolute Gasteiger partial charge is 0.275 e. The maximum Gasteiger partial charge on any atom is 0.275 e. The van der Waals surface area contributed by atoms with E-state index in [0.29, 0.717) is 28.9 Å². The first-order valence-electron chi connectivity index (χ1n) is 8.01. The Labute approximate surface area is 143 Å². The Morgan fingerprint density at radius 3 is 3.17 bits per heavy atom. The summed E-state index contributed by atoms with van der Waals surface area (Å²) >= 11 is 1.34. The van der Waals surface area contributed by atoms with Crippen molar-refractivity contribution in [2.75, 3.05) is 31.7 Å². The Hall–Kier alpha value is -2.00. The number of ether oxygens (including phenoxy) is 1. The van der Waals surface area contributed by atoms with E-state index in [2.05, 4.69) is 15.4 Å². The van der Waals surface area contributed by atoms with Crippen molar-refractivity contribution in [1.29, 1.82) is 0 Å². The van der Waals surface area contributed by atoms with Crippen molar-refractivity contribution in [2.24, 2.45) is 0 Å². The van der Waals surface area contributed by atoms with Gasteiger partial charge in [-0.25, -0.2) is 4.98 Å². The van der Waals surface area contributed by atoms with Gasteiger partial charge in [0.15, 0.2) is 0 Å². The summed E-state index contributed by atoms with van der Waals surface area (Å²) < 4.78 is 6.29. The molecule has 0 aromatic carbocycles. The summed E-state index contributed by atoms with van der Waals surface area (Å²) in [5.41, 5.74) is 0.476. The fourth-order valence-electron chi connectivity index (χ4n) is 2.84. The highest BCUT2D eigenvalue weighted by Gasteiger charge is 2.32. The maximum absolute atomic E-state index is 12.4. The quantitative estimate of drug-likeness (QED) is 0.766. The van der Waals surface area contributed by atoms with E-state index in [0.717, 1.165) is 25.8 Å². The molecule has 3 rings (SSSR count). The second-order valence-corrected chi connectivity index (χ2v) is 6.74. The largest absolute Gasteiger partial charge is 0.385 e. The molecular weight excluding hydrogens is 330 g/mol. The summed E-state index contributed by atoms with van der Waals surface area (Å²) in [4.78, 5) is 31.3. The van der Waals surface area contributed by atoms with Gasteiger partial charge in [-0.1, -0.05) is 11.3 Å². The number of hydrogen-bond acceptors (Lipinski definition) is 7. The second-order valence-electron chi connectivity index (χ2n) is 5.80. The number of fused-ring (bicyclic) bond motifs is 1. The Balaban J connectivity index is 1.77. The van der Waals surface area contributed by atoms with Crippen LogP contribution in [0.15, 0.2) is 10.9 Å². The molecule has 3 heterocycles. The number of carbonyl (C=O) groups is 1. The molecule has 1 fully saturated rings. The van der Waals surface area contributed by atoms with E-state index < -0.39 is 0 Å². The van der Waals surface area contributed by atoms with Gasteiger partial charge in [-0.2, -0.15) is 4.52 Å². The molecule has 0 aliphatic carbocycles. The first-order valence-corrected chi connectivity index (χ1v) is 8.82. The van der Waals surface area contributed by atoms with Crippen LogP contribution in [0.2, 0.25) is 0 Å². The number of methoxy groups -OCH3 is 1. The molecular formula is C15H21N5O3S. The average Bonchev–Trinajstić information content (AvgIpc) is 3.17. The Bertz CT molecular complexity index is 787. The molecule has 1 saturated heterocycles. The van der Waals surface area contributed by atoms with E-state index in [1.807, 2.05) is 4.90 Å². The zero-order valence-corrected chi connectivity index (χ0v) is 14.6. The predicted octanol–water partition coefficient (Wildman–Crippen LogP) is 0.581. The van der Waals surface area contributed by atoms with Crippen LogP contribution in [0, 0.1) is 6.92 Å². The molecule has 1 aliphatic rings. The number of aryl methyl sites for hydroxylation is 1. The van der Waals surface area contributed by atoms with Crippen LogP contribution >= 0.6 is 11.3 Å². The van der Waals surface area contributed by atoms with Crippen molar-refractivity contribution < 1.29 is 9.53 Å². The minimum atomic E-state index is -0.245. The highest BCUT2D eigenvalue weighted by Crippen LogP contribution is 2.29. The van der Waals surface area contributed by atoms with Gasteiger partial charge in [0.05, 0.1) is 0 Å². The predicted molar refractivity (Wildman–Crippen MR) is 91.7 cm³/mol. The first kappa shape index (κ1) is 16.8. The Morgan fingerprint density at radius 1 is 1.54 bits per heavy atom. The lowest BCUT2D eigenvalue weighted by Gasteiger charge is -2.22. The fourth-order valence-corrected chi connectivity index (χ4v) is 3.87. The SMILES string of the molecule is COCCCNC(=O)C1CCCN1c1nn2c(=O)cc(C)nc2s1. The summed E-state index contributed by atoms with van der Waals surface area (Å²) in [5, 5.41) is 7.98. The number of rotatable bonds is 6. The van der Waals surface area contributed by atoms with Crippen LogP contribution in [-0.4, -0.2) is 53.4 Å². The van der Waals surface area contributed by atoms with Crippen LogP contribution < -0.4 is 15.8 Å².